The van der Waals surface area contributed by atoms with Gasteiger partial charge >= 0.3 is 0 Å². The largest absolute Gasteiger partial charge is 0.344 e. The molecule has 1 aliphatic rings. The van der Waals surface area contributed by atoms with Crippen molar-refractivity contribution in [2.24, 2.45) is 0 Å². The van der Waals surface area contributed by atoms with E-state index >= 15 is 0 Å². The molecule has 21 heavy (non-hydrogen) atoms. The van der Waals surface area contributed by atoms with Gasteiger partial charge in [0.1, 0.15) is 0 Å². The van der Waals surface area contributed by atoms with Crippen molar-refractivity contribution in [3.05, 3.63) is 78.0 Å². The topological polar surface area (TPSA) is 27.0 Å². The maximum atomic E-state index is 9.16. The van der Waals surface area contributed by atoms with Crippen LogP contribution in [0.15, 0.2) is 78.0 Å². The molecule has 0 unspecified atom stereocenters. The lowest BCUT2D eigenvalue weighted by Gasteiger charge is -2.22. The molecule has 2 heteroatoms. The summed E-state index contributed by atoms with van der Waals surface area (Å²) in [6.45, 7) is 0. The lowest BCUT2D eigenvalue weighted by atomic mass is 10.1. The highest BCUT2D eigenvalue weighted by atomic mass is 15.1. The lowest BCUT2D eigenvalue weighted by molar-refractivity contribution is 1.14. The number of hydrogen-bond donors (Lipinski definition) is 0. The summed E-state index contributed by atoms with van der Waals surface area (Å²) in [6, 6.07) is 16.9. The van der Waals surface area contributed by atoms with Gasteiger partial charge in [0, 0.05) is 35.8 Å². The zero-order valence-corrected chi connectivity index (χ0v) is 12.0. The van der Waals surface area contributed by atoms with E-state index in [1.54, 1.807) is 0 Å². The third-order valence-corrected chi connectivity index (χ3v) is 3.72. The molecular weight excluding hydrogens is 256 g/mol. The van der Waals surface area contributed by atoms with Gasteiger partial charge in [-0.05, 0) is 23.6 Å². The predicted octanol–water partition coefficient (Wildman–Crippen LogP) is 4.57. The highest BCUT2D eigenvalue weighted by molar-refractivity contribution is 5.95. The number of rotatable bonds is 2. The molecule has 0 aromatic heterocycles. The Labute approximate surface area is 124 Å². The Morgan fingerprint density at radius 3 is 2.76 bits per heavy atom. The van der Waals surface area contributed by atoms with Gasteiger partial charge in [-0.2, -0.15) is 5.26 Å². The van der Waals surface area contributed by atoms with Gasteiger partial charge in [-0.15, -0.1) is 0 Å². The van der Waals surface area contributed by atoms with Crippen LogP contribution in [0.1, 0.15) is 6.42 Å². The summed E-state index contributed by atoms with van der Waals surface area (Å²) >= 11 is 0. The first-order chi connectivity index (χ1) is 10.3. The minimum atomic E-state index is 0.694. The zero-order valence-electron chi connectivity index (χ0n) is 12.0. The number of nitriles is 1. The van der Waals surface area contributed by atoms with Crippen LogP contribution in [0.3, 0.4) is 0 Å². The molecule has 0 bridgehead atoms. The van der Waals surface area contributed by atoms with E-state index in [-0.39, 0.29) is 0 Å². The minimum absolute atomic E-state index is 0.694. The van der Waals surface area contributed by atoms with Gasteiger partial charge in [-0.1, -0.05) is 48.6 Å². The molecule has 0 spiro atoms. The number of allylic oxidation sites excluding steroid dienone is 5. The fraction of sp³-hybridized carbons (Fsp3) is 0.105. The molecule has 0 saturated heterocycles. The van der Waals surface area contributed by atoms with E-state index in [1.807, 2.05) is 37.4 Å². The lowest BCUT2D eigenvalue weighted by Crippen LogP contribution is -2.15. The average molecular weight is 272 g/mol. The Morgan fingerprint density at radius 1 is 1.10 bits per heavy atom. The van der Waals surface area contributed by atoms with Gasteiger partial charge in [-0.3, -0.25) is 0 Å². The van der Waals surface area contributed by atoms with Crippen LogP contribution in [-0.2, 0) is 0 Å². The van der Waals surface area contributed by atoms with Crippen molar-refractivity contribution in [3.8, 4) is 6.07 Å². The van der Waals surface area contributed by atoms with E-state index in [1.165, 1.54) is 10.8 Å². The second-order valence-corrected chi connectivity index (χ2v) is 5.06. The number of benzene rings is 2. The predicted molar refractivity (Wildman–Crippen MR) is 87.9 cm³/mol. The zero-order chi connectivity index (χ0) is 14.7. The Kier molecular flexibility index (Phi) is 3.57. The molecule has 0 aliphatic heterocycles. The van der Waals surface area contributed by atoms with Gasteiger partial charge in [0.05, 0.1) is 6.07 Å². The third-order valence-electron chi connectivity index (χ3n) is 3.72. The Balaban J connectivity index is 2.09. The van der Waals surface area contributed by atoms with Crippen LogP contribution in [0.5, 0.6) is 0 Å². The van der Waals surface area contributed by atoms with E-state index in [9.17, 15) is 0 Å². The van der Waals surface area contributed by atoms with E-state index < -0.39 is 0 Å². The first kappa shape index (κ1) is 13.2. The van der Waals surface area contributed by atoms with Crippen molar-refractivity contribution in [3.63, 3.8) is 0 Å². The van der Waals surface area contributed by atoms with Crippen LogP contribution < -0.4 is 4.90 Å². The van der Waals surface area contributed by atoms with Crippen molar-refractivity contribution >= 4 is 16.5 Å². The summed E-state index contributed by atoms with van der Waals surface area (Å²) in [5, 5.41) is 11.6. The molecule has 1 aliphatic carbocycles. The van der Waals surface area contributed by atoms with Crippen LogP contribution in [0.4, 0.5) is 5.69 Å². The fourth-order valence-electron chi connectivity index (χ4n) is 2.57. The molecule has 0 atom stereocenters. The molecule has 0 radical (unpaired) electrons. The van der Waals surface area contributed by atoms with Gasteiger partial charge < -0.3 is 4.90 Å². The van der Waals surface area contributed by atoms with Crippen molar-refractivity contribution in [1.82, 2.24) is 0 Å². The second kappa shape index (κ2) is 5.68. The van der Waals surface area contributed by atoms with Crippen LogP contribution in [0.25, 0.3) is 10.8 Å². The summed E-state index contributed by atoms with van der Waals surface area (Å²) in [7, 11) is 2.04. The van der Waals surface area contributed by atoms with Crippen LogP contribution in [0, 0.1) is 11.3 Å². The monoisotopic (exact) mass is 272 g/mol. The SMILES string of the molecule is CN(C1=CC=CCC(C#N)=C1)c1cccc2ccccc12. The van der Waals surface area contributed by atoms with Crippen molar-refractivity contribution in [1.29, 1.82) is 5.26 Å². The van der Waals surface area contributed by atoms with Crippen molar-refractivity contribution in [2.45, 2.75) is 6.42 Å². The molecular formula is C19H16N2. The van der Waals surface area contributed by atoms with Crippen molar-refractivity contribution < 1.29 is 0 Å². The van der Waals surface area contributed by atoms with Crippen molar-refractivity contribution in [2.75, 3.05) is 11.9 Å². The van der Waals surface area contributed by atoms with E-state index in [0.29, 0.717) is 6.42 Å². The minimum Gasteiger partial charge on any atom is -0.344 e. The Hall–Kier alpha value is -2.79. The molecule has 0 amide bonds. The standard InChI is InChI=1S/C19H16N2/c1-21(17-10-4-2-7-15(13-17)14-20)19-12-6-9-16-8-3-5-11-18(16)19/h2-6,8-13H,7H2,1H3. The van der Waals surface area contributed by atoms with Gasteiger partial charge in [0.15, 0.2) is 0 Å². The normalized spacial score (nSPS) is 14.1. The van der Waals surface area contributed by atoms with E-state index in [4.69, 9.17) is 5.26 Å². The molecule has 2 aromatic carbocycles. The summed E-state index contributed by atoms with van der Waals surface area (Å²) < 4.78 is 0. The smallest absolute Gasteiger partial charge is 0.0951 e. The molecule has 2 aromatic rings. The number of likely N-dealkylation sites (N-methyl/N-ethyl adjacent to an activating group) is 1. The summed E-state index contributed by atoms with van der Waals surface area (Å²) in [6.07, 6.45) is 8.73. The Morgan fingerprint density at radius 2 is 1.90 bits per heavy atom. The molecule has 2 nitrogen and oxygen atoms in total. The first-order valence-electron chi connectivity index (χ1n) is 6.98. The summed E-state index contributed by atoms with van der Waals surface area (Å²) in [5.41, 5.74) is 2.95. The Bertz CT molecular complexity index is 798. The molecule has 0 fully saturated rings. The molecule has 0 saturated carbocycles. The number of fused-ring (bicyclic) bond motifs is 1. The number of nitrogens with zero attached hydrogens (tertiary/aromatic N) is 2. The average Bonchev–Trinajstić information content (AvgIpc) is 2.79. The highest BCUT2D eigenvalue weighted by Crippen LogP contribution is 2.29. The summed E-state index contributed by atoms with van der Waals surface area (Å²) in [4.78, 5) is 2.13. The maximum absolute atomic E-state index is 9.16. The fourth-order valence-corrected chi connectivity index (χ4v) is 2.57. The number of anilines is 1. The van der Waals surface area contributed by atoms with Crippen LogP contribution in [0.2, 0.25) is 0 Å². The van der Waals surface area contributed by atoms with E-state index in [2.05, 4.69) is 47.4 Å². The van der Waals surface area contributed by atoms with Crippen LogP contribution in [-0.4, -0.2) is 7.05 Å². The third kappa shape index (κ3) is 2.59. The molecule has 0 N–H and O–H groups in total. The molecule has 3 rings (SSSR count). The highest BCUT2D eigenvalue weighted by Gasteiger charge is 2.10. The van der Waals surface area contributed by atoms with E-state index in [0.717, 1.165) is 17.0 Å². The van der Waals surface area contributed by atoms with Gasteiger partial charge in [0.25, 0.3) is 0 Å². The van der Waals surface area contributed by atoms with Gasteiger partial charge in [0.2, 0.25) is 0 Å². The second-order valence-electron chi connectivity index (χ2n) is 5.06. The quantitative estimate of drug-likeness (QED) is 0.800. The molecule has 102 valence electrons. The summed E-state index contributed by atoms with van der Waals surface area (Å²) in [5.74, 6) is 0. The first-order valence-corrected chi connectivity index (χ1v) is 6.98. The number of hydrogen-bond acceptors (Lipinski definition) is 2. The van der Waals surface area contributed by atoms with Gasteiger partial charge in [-0.25, -0.2) is 0 Å². The maximum Gasteiger partial charge on any atom is 0.0951 e. The van der Waals surface area contributed by atoms with Crippen LogP contribution >= 0.6 is 0 Å². The molecule has 0 heterocycles.